The van der Waals surface area contributed by atoms with E-state index >= 15 is 0 Å². The van der Waals surface area contributed by atoms with Gasteiger partial charge in [-0.3, -0.25) is 0 Å². The van der Waals surface area contributed by atoms with Crippen molar-refractivity contribution in [2.75, 3.05) is 33.4 Å². The maximum absolute atomic E-state index is 13.0. The molecule has 1 aliphatic rings. The maximum Gasteiger partial charge on any atom is 0.282 e. The SMILES string of the molecule is C=CCN(Cc1ccccc1C)S(=O)(=O)N1CCC(COC)CC1. The fourth-order valence-corrected chi connectivity index (χ4v) is 4.66. The highest BCUT2D eigenvalue weighted by Crippen LogP contribution is 2.23. The Morgan fingerprint density at radius 3 is 2.58 bits per heavy atom. The summed E-state index contributed by atoms with van der Waals surface area (Å²) in [6.45, 7) is 8.22. The van der Waals surface area contributed by atoms with E-state index in [0.717, 1.165) is 24.0 Å². The highest BCUT2D eigenvalue weighted by molar-refractivity contribution is 7.86. The van der Waals surface area contributed by atoms with Crippen molar-refractivity contribution in [1.29, 1.82) is 0 Å². The summed E-state index contributed by atoms with van der Waals surface area (Å²) in [5.41, 5.74) is 2.12. The number of benzene rings is 1. The summed E-state index contributed by atoms with van der Waals surface area (Å²) < 4.78 is 34.4. The summed E-state index contributed by atoms with van der Waals surface area (Å²) in [6, 6.07) is 7.89. The average Bonchev–Trinajstić information content (AvgIpc) is 2.57. The molecule has 1 aliphatic heterocycles. The van der Waals surface area contributed by atoms with Crippen LogP contribution in [0.1, 0.15) is 24.0 Å². The fourth-order valence-electron chi connectivity index (χ4n) is 3.07. The predicted octanol–water partition coefficient (Wildman–Crippen LogP) is 2.59. The molecule has 6 heteroatoms. The number of nitrogens with zero attached hydrogens (tertiary/aromatic N) is 2. The first-order valence-electron chi connectivity index (χ1n) is 8.38. The van der Waals surface area contributed by atoms with Crippen LogP contribution in [-0.2, 0) is 21.5 Å². The molecule has 0 aliphatic carbocycles. The Morgan fingerprint density at radius 1 is 1.33 bits per heavy atom. The van der Waals surface area contributed by atoms with Crippen LogP contribution in [0.4, 0.5) is 0 Å². The van der Waals surface area contributed by atoms with Gasteiger partial charge in [-0.2, -0.15) is 17.0 Å². The van der Waals surface area contributed by atoms with E-state index in [1.807, 2.05) is 31.2 Å². The monoisotopic (exact) mass is 352 g/mol. The lowest BCUT2D eigenvalue weighted by molar-refractivity contribution is 0.119. The van der Waals surface area contributed by atoms with Crippen molar-refractivity contribution >= 4 is 10.2 Å². The zero-order valence-electron chi connectivity index (χ0n) is 14.6. The van der Waals surface area contributed by atoms with Crippen LogP contribution in [0.15, 0.2) is 36.9 Å². The first-order chi connectivity index (χ1) is 11.5. The van der Waals surface area contributed by atoms with Crippen LogP contribution >= 0.6 is 0 Å². The molecule has 0 atom stereocenters. The van der Waals surface area contributed by atoms with Gasteiger partial charge in [-0.05, 0) is 36.8 Å². The first kappa shape index (κ1) is 19.1. The van der Waals surface area contributed by atoms with Gasteiger partial charge in [0.05, 0.1) is 0 Å². The topological polar surface area (TPSA) is 49.9 Å². The Labute approximate surface area is 146 Å². The van der Waals surface area contributed by atoms with Crippen molar-refractivity contribution in [3.8, 4) is 0 Å². The van der Waals surface area contributed by atoms with Gasteiger partial charge in [0.25, 0.3) is 10.2 Å². The number of hydrogen-bond donors (Lipinski definition) is 0. The van der Waals surface area contributed by atoms with E-state index in [-0.39, 0.29) is 0 Å². The van der Waals surface area contributed by atoms with Gasteiger partial charge in [-0.25, -0.2) is 0 Å². The second-order valence-corrected chi connectivity index (χ2v) is 8.24. The first-order valence-corrected chi connectivity index (χ1v) is 9.78. The van der Waals surface area contributed by atoms with Gasteiger partial charge < -0.3 is 4.74 Å². The second kappa shape index (κ2) is 8.76. The molecular formula is C18H28N2O3S. The van der Waals surface area contributed by atoms with Gasteiger partial charge >= 0.3 is 0 Å². The zero-order valence-corrected chi connectivity index (χ0v) is 15.5. The fraction of sp³-hybridized carbons (Fsp3) is 0.556. The summed E-state index contributed by atoms with van der Waals surface area (Å²) in [7, 11) is -1.79. The van der Waals surface area contributed by atoms with E-state index in [1.54, 1.807) is 17.5 Å². The molecule has 0 radical (unpaired) electrons. The lowest BCUT2D eigenvalue weighted by Crippen LogP contribution is -2.47. The molecule has 134 valence electrons. The number of rotatable bonds is 8. The quantitative estimate of drug-likeness (QED) is 0.676. The Morgan fingerprint density at radius 2 is 2.00 bits per heavy atom. The number of piperidine rings is 1. The van der Waals surface area contributed by atoms with Gasteiger partial charge in [0.2, 0.25) is 0 Å². The van der Waals surface area contributed by atoms with Crippen molar-refractivity contribution in [3.05, 3.63) is 48.0 Å². The third-order valence-corrected chi connectivity index (χ3v) is 6.52. The predicted molar refractivity (Wildman–Crippen MR) is 96.9 cm³/mol. The van der Waals surface area contributed by atoms with E-state index in [9.17, 15) is 8.42 Å². The smallest absolute Gasteiger partial charge is 0.282 e. The minimum Gasteiger partial charge on any atom is -0.384 e. The minimum atomic E-state index is -3.48. The number of ether oxygens (including phenoxy) is 1. The summed E-state index contributed by atoms with van der Waals surface area (Å²) in [5, 5.41) is 0. The molecule has 1 saturated heterocycles. The number of aryl methyl sites for hydroxylation is 1. The molecule has 1 aromatic carbocycles. The van der Waals surface area contributed by atoms with Gasteiger partial charge in [0.1, 0.15) is 0 Å². The molecule has 24 heavy (non-hydrogen) atoms. The number of methoxy groups -OCH3 is 1. The Bertz CT molecular complexity index is 637. The summed E-state index contributed by atoms with van der Waals surface area (Å²) in [5.74, 6) is 0.450. The van der Waals surface area contributed by atoms with E-state index in [1.165, 1.54) is 4.31 Å². The Balaban J connectivity index is 2.11. The van der Waals surface area contributed by atoms with Gasteiger partial charge in [0, 0.05) is 39.9 Å². The molecule has 1 fully saturated rings. The molecular weight excluding hydrogens is 324 g/mol. The summed E-state index contributed by atoms with van der Waals surface area (Å²) >= 11 is 0. The van der Waals surface area contributed by atoms with Crippen LogP contribution in [0, 0.1) is 12.8 Å². The molecule has 5 nitrogen and oxygen atoms in total. The van der Waals surface area contributed by atoms with Crippen molar-refractivity contribution in [3.63, 3.8) is 0 Å². The molecule has 0 unspecified atom stereocenters. The van der Waals surface area contributed by atoms with Crippen molar-refractivity contribution in [2.24, 2.45) is 5.92 Å². The lowest BCUT2D eigenvalue weighted by Gasteiger charge is -2.34. The number of hydrogen-bond acceptors (Lipinski definition) is 3. The molecule has 0 bridgehead atoms. The molecule has 1 heterocycles. The summed E-state index contributed by atoms with van der Waals surface area (Å²) in [6.07, 6.45) is 3.34. The van der Waals surface area contributed by atoms with Gasteiger partial charge in [-0.15, -0.1) is 6.58 Å². The largest absolute Gasteiger partial charge is 0.384 e. The van der Waals surface area contributed by atoms with Crippen LogP contribution in [-0.4, -0.2) is 50.4 Å². The Kier molecular flexibility index (Phi) is 6.98. The van der Waals surface area contributed by atoms with Crippen LogP contribution in [0.2, 0.25) is 0 Å². The van der Waals surface area contributed by atoms with Crippen LogP contribution in [0.5, 0.6) is 0 Å². The normalized spacial score (nSPS) is 17.3. The second-order valence-electron chi connectivity index (χ2n) is 6.31. The molecule has 0 N–H and O–H groups in total. The molecule has 0 aromatic heterocycles. The highest BCUT2D eigenvalue weighted by atomic mass is 32.2. The average molecular weight is 353 g/mol. The van der Waals surface area contributed by atoms with Gasteiger partial charge in [-0.1, -0.05) is 30.3 Å². The standard InChI is InChI=1S/C18H28N2O3S/c1-4-11-20(14-18-8-6-5-7-16(18)2)24(21,22)19-12-9-17(10-13-19)15-23-3/h4-8,17H,1,9-15H2,2-3H3. The minimum absolute atomic E-state index is 0.314. The van der Waals surface area contributed by atoms with E-state index in [2.05, 4.69) is 6.58 Å². The molecule has 0 spiro atoms. The van der Waals surface area contributed by atoms with E-state index in [0.29, 0.717) is 38.7 Å². The molecule has 0 amide bonds. The third kappa shape index (κ3) is 4.66. The van der Waals surface area contributed by atoms with Gasteiger partial charge in [0.15, 0.2) is 0 Å². The molecule has 1 aromatic rings. The zero-order chi connectivity index (χ0) is 17.6. The highest BCUT2D eigenvalue weighted by Gasteiger charge is 2.32. The van der Waals surface area contributed by atoms with E-state index in [4.69, 9.17) is 4.74 Å². The van der Waals surface area contributed by atoms with Crippen LogP contribution in [0.25, 0.3) is 0 Å². The summed E-state index contributed by atoms with van der Waals surface area (Å²) in [4.78, 5) is 0. The van der Waals surface area contributed by atoms with E-state index < -0.39 is 10.2 Å². The third-order valence-electron chi connectivity index (χ3n) is 4.57. The lowest BCUT2D eigenvalue weighted by atomic mass is 9.99. The van der Waals surface area contributed by atoms with Crippen LogP contribution in [0.3, 0.4) is 0 Å². The Hall–Kier alpha value is -1.21. The van der Waals surface area contributed by atoms with Crippen molar-refractivity contribution < 1.29 is 13.2 Å². The van der Waals surface area contributed by atoms with Crippen LogP contribution < -0.4 is 0 Å². The molecule has 0 saturated carbocycles. The van der Waals surface area contributed by atoms with Crippen molar-refractivity contribution in [1.82, 2.24) is 8.61 Å². The maximum atomic E-state index is 13.0. The molecule has 2 rings (SSSR count). The van der Waals surface area contributed by atoms with Crippen molar-refractivity contribution in [2.45, 2.75) is 26.3 Å².